The van der Waals surface area contributed by atoms with Gasteiger partial charge < -0.3 is 15.2 Å². The van der Waals surface area contributed by atoms with Crippen LogP contribution in [0.15, 0.2) is 113 Å². The summed E-state index contributed by atoms with van der Waals surface area (Å²) in [6, 6.07) is 24.3. The lowest BCUT2D eigenvalue weighted by atomic mass is 9.73. The molecule has 1 aliphatic heterocycles. The summed E-state index contributed by atoms with van der Waals surface area (Å²) >= 11 is 0. The summed E-state index contributed by atoms with van der Waals surface area (Å²) in [6.07, 6.45) is 0.485. The molecule has 46 heavy (non-hydrogen) atoms. The number of aromatic hydroxyl groups is 1. The van der Waals surface area contributed by atoms with Gasteiger partial charge in [-0.15, -0.1) is 0 Å². The van der Waals surface area contributed by atoms with E-state index in [1.165, 1.54) is 42.5 Å². The van der Waals surface area contributed by atoms with Gasteiger partial charge in [-0.2, -0.15) is 0 Å². The number of nitrogens with one attached hydrogen (secondary N) is 1. The standard InChI is InChI=1S/C36H33FN2O6S/c1-36(2)19-28-33(31(41)20-36)35(26-17-16-24(18-27(26)37)45-21-23-10-5-3-6-11-23)39(29-14-9-15-30(40)34(29)38-28)32(42)22-46(43,44)25-12-7-4-8-13-25/h3-18,35,38,40H,19-22H2,1-2H3. The van der Waals surface area contributed by atoms with Crippen molar-refractivity contribution in [3.8, 4) is 11.5 Å². The molecule has 0 spiro atoms. The third-order valence-electron chi connectivity index (χ3n) is 8.21. The maximum atomic E-state index is 16.3. The van der Waals surface area contributed by atoms with Crippen molar-refractivity contribution in [2.24, 2.45) is 5.41 Å². The third-order valence-corrected chi connectivity index (χ3v) is 9.82. The highest BCUT2D eigenvalue weighted by atomic mass is 32.2. The first-order valence-electron chi connectivity index (χ1n) is 14.8. The lowest BCUT2D eigenvalue weighted by molar-refractivity contribution is -0.118. The summed E-state index contributed by atoms with van der Waals surface area (Å²) in [4.78, 5) is 29.3. The molecule has 4 aromatic carbocycles. The van der Waals surface area contributed by atoms with Crippen LogP contribution in [0.25, 0.3) is 0 Å². The minimum absolute atomic E-state index is 0.0175. The normalized spacial score (nSPS) is 17.4. The van der Waals surface area contributed by atoms with Crippen LogP contribution in [0.4, 0.5) is 15.8 Å². The molecule has 2 aliphatic rings. The molecule has 0 fully saturated rings. The number of nitrogens with zero attached hydrogens (tertiary/aromatic N) is 1. The maximum absolute atomic E-state index is 16.3. The Morgan fingerprint density at radius 2 is 1.67 bits per heavy atom. The number of allylic oxidation sites excluding steroid dienone is 1. The summed E-state index contributed by atoms with van der Waals surface area (Å²) in [7, 11) is -4.14. The number of para-hydroxylation sites is 1. The fourth-order valence-electron chi connectivity index (χ4n) is 6.12. The number of benzene rings is 4. The second-order valence-corrected chi connectivity index (χ2v) is 14.3. The molecule has 6 rings (SSSR count). The number of hydrogen-bond donors (Lipinski definition) is 2. The first-order valence-corrected chi connectivity index (χ1v) is 16.5. The van der Waals surface area contributed by atoms with Crippen LogP contribution < -0.4 is 15.0 Å². The summed E-state index contributed by atoms with van der Waals surface area (Å²) in [5.41, 5.74) is 1.20. The molecule has 8 nitrogen and oxygen atoms in total. The highest BCUT2D eigenvalue weighted by molar-refractivity contribution is 7.92. The number of phenols is 1. The minimum Gasteiger partial charge on any atom is -0.506 e. The van der Waals surface area contributed by atoms with E-state index >= 15 is 4.39 Å². The number of Topliss-reactive ketones (excluding diaryl/α,β-unsaturated/α-hetero) is 1. The maximum Gasteiger partial charge on any atom is 0.243 e. The van der Waals surface area contributed by atoms with Gasteiger partial charge in [0.2, 0.25) is 5.91 Å². The summed E-state index contributed by atoms with van der Waals surface area (Å²) in [6.45, 7) is 4.05. The van der Waals surface area contributed by atoms with Crippen molar-refractivity contribution < 1.29 is 32.2 Å². The number of halogens is 1. The Hall–Kier alpha value is -4.96. The number of anilines is 2. The molecule has 10 heteroatoms. The SMILES string of the molecule is CC1(C)CC(=O)C2=C(C1)Nc1c(O)cccc1N(C(=O)CS(=O)(=O)c1ccccc1)C2c1ccc(OCc2ccccc2)cc1F. The average Bonchev–Trinajstić information content (AvgIpc) is 3.15. The van der Waals surface area contributed by atoms with Crippen LogP contribution in [0.2, 0.25) is 0 Å². The third kappa shape index (κ3) is 6.12. The van der Waals surface area contributed by atoms with Crippen LogP contribution in [0, 0.1) is 11.2 Å². The number of rotatable bonds is 7. The van der Waals surface area contributed by atoms with E-state index in [0.29, 0.717) is 12.1 Å². The molecule has 0 bridgehead atoms. The Morgan fingerprint density at radius 3 is 2.37 bits per heavy atom. The molecule has 236 valence electrons. The van der Waals surface area contributed by atoms with Gasteiger partial charge in [0.25, 0.3) is 0 Å². The molecule has 2 N–H and O–H groups in total. The Kier molecular flexibility index (Phi) is 8.16. The van der Waals surface area contributed by atoms with E-state index in [4.69, 9.17) is 4.74 Å². The Balaban J connectivity index is 1.50. The molecule has 0 saturated heterocycles. The van der Waals surface area contributed by atoms with Crippen LogP contribution in [0.1, 0.15) is 43.9 Å². The topological polar surface area (TPSA) is 113 Å². The van der Waals surface area contributed by atoms with Gasteiger partial charge in [0.1, 0.15) is 35.4 Å². The van der Waals surface area contributed by atoms with Crippen molar-refractivity contribution >= 4 is 32.9 Å². The molecule has 4 aromatic rings. The number of ether oxygens (including phenoxy) is 1. The highest BCUT2D eigenvalue weighted by Gasteiger charge is 2.45. The fourth-order valence-corrected chi connectivity index (χ4v) is 7.32. The lowest BCUT2D eigenvalue weighted by Gasteiger charge is -2.37. The zero-order chi connectivity index (χ0) is 32.6. The number of phenolic OH excluding ortho intramolecular Hbond substituents is 1. The zero-order valence-corrected chi connectivity index (χ0v) is 26.2. The second-order valence-electron chi connectivity index (χ2n) is 12.3. The number of hydrogen-bond acceptors (Lipinski definition) is 7. The van der Waals surface area contributed by atoms with Gasteiger partial charge in [0.05, 0.1) is 16.6 Å². The van der Waals surface area contributed by atoms with Crippen molar-refractivity contribution in [1.29, 1.82) is 0 Å². The molecule has 0 aromatic heterocycles. The quantitative estimate of drug-likeness (QED) is 0.216. The molecule has 1 unspecified atom stereocenters. The van der Waals surface area contributed by atoms with Gasteiger partial charge in [-0.1, -0.05) is 68.4 Å². The second kappa shape index (κ2) is 12.1. The van der Waals surface area contributed by atoms with Gasteiger partial charge >= 0.3 is 0 Å². The van der Waals surface area contributed by atoms with Crippen molar-refractivity contribution in [2.45, 2.75) is 44.2 Å². The van der Waals surface area contributed by atoms with Gasteiger partial charge in [-0.25, -0.2) is 12.8 Å². The van der Waals surface area contributed by atoms with Crippen molar-refractivity contribution in [3.05, 3.63) is 125 Å². The van der Waals surface area contributed by atoms with Crippen LogP contribution in [0.5, 0.6) is 11.5 Å². The predicted octanol–water partition coefficient (Wildman–Crippen LogP) is 6.73. The number of carbonyl (C=O) groups excluding carboxylic acids is 2. The number of ketones is 1. The molecule has 1 amide bonds. The van der Waals surface area contributed by atoms with Crippen molar-refractivity contribution in [3.63, 3.8) is 0 Å². The van der Waals surface area contributed by atoms with E-state index in [1.54, 1.807) is 24.3 Å². The van der Waals surface area contributed by atoms with E-state index in [-0.39, 0.29) is 57.7 Å². The zero-order valence-electron chi connectivity index (χ0n) is 25.4. The Labute approximate surface area is 267 Å². The fraction of sp³-hybridized carbons (Fsp3) is 0.222. The molecule has 0 radical (unpaired) electrons. The largest absolute Gasteiger partial charge is 0.506 e. The molecular formula is C36H33FN2O6S. The first-order chi connectivity index (χ1) is 21.9. The van der Waals surface area contributed by atoms with Crippen LogP contribution in [-0.2, 0) is 26.0 Å². The molecule has 1 aliphatic carbocycles. The number of fused-ring (bicyclic) bond motifs is 1. The highest BCUT2D eigenvalue weighted by Crippen LogP contribution is 2.51. The average molecular weight is 641 g/mol. The van der Waals surface area contributed by atoms with Gasteiger partial charge in [0, 0.05) is 29.3 Å². The number of sulfone groups is 1. The van der Waals surface area contributed by atoms with Crippen LogP contribution in [-0.4, -0.2) is 31.0 Å². The monoisotopic (exact) mass is 640 g/mol. The predicted molar refractivity (Wildman–Crippen MR) is 173 cm³/mol. The van der Waals surface area contributed by atoms with Crippen LogP contribution in [0.3, 0.4) is 0 Å². The van der Waals surface area contributed by atoms with Crippen molar-refractivity contribution in [2.75, 3.05) is 16.0 Å². The summed E-state index contributed by atoms with van der Waals surface area (Å²) in [5.74, 6) is -2.88. The molecule has 1 heterocycles. The molecular weight excluding hydrogens is 607 g/mol. The van der Waals surface area contributed by atoms with Crippen LogP contribution >= 0.6 is 0 Å². The Bertz CT molecular complexity index is 1960. The van der Waals surface area contributed by atoms with Gasteiger partial charge in [0.15, 0.2) is 15.6 Å². The Morgan fingerprint density at radius 1 is 0.978 bits per heavy atom. The summed E-state index contributed by atoms with van der Waals surface area (Å²) < 4.78 is 49.0. The van der Waals surface area contributed by atoms with E-state index < -0.39 is 38.8 Å². The number of amides is 1. The van der Waals surface area contributed by atoms with Crippen molar-refractivity contribution in [1.82, 2.24) is 0 Å². The van der Waals surface area contributed by atoms with Gasteiger partial charge in [-0.3, -0.25) is 14.5 Å². The van der Waals surface area contributed by atoms with E-state index in [0.717, 1.165) is 10.5 Å². The summed E-state index contributed by atoms with van der Waals surface area (Å²) in [5, 5.41) is 14.1. The first kappa shape index (κ1) is 31.0. The minimum atomic E-state index is -4.14. The lowest BCUT2D eigenvalue weighted by Crippen LogP contribution is -2.42. The molecule has 1 atom stereocenters. The van der Waals surface area contributed by atoms with E-state index in [9.17, 15) is 23.1 Å². The van der Waals surface area contributed by atoms with Gasteiger partial charge in [-0.05, 0) is 53.8 Å². The smallest absolute Gasteiger partial charge is 0.243 e. The van der Waals surface area contributed by atoms with E-state index in [2.05, 4.69) is 5.32 Å². The number of carbonyl (C=O) groups is 2. The molecule has 0 saturated carbocycles. The van der Waals surface area contributed by atoms with E-state index in [1.807, 2.05) is 44.2 Å².